The summed E-state index contributed by atoms with van der Waals surface area (Å²) in [5, 5.41) is 16.0. The number of anilines is 2. The summed E-state index contributed by atoms with van der Waals surface area (Å²) in [7, 11) is 2.90. The van der Waals surface area contributed by atoms with Crippen molar-refractivity contribution in [3.63, 3.8) is 0 Å². The minimum absolute atomic E-state index is 0.207. The summed E-state index contributed by atoms with van der Waals surface area (Å²) in [6, 6.07) is 12.5. The zero-order chi connectivity index (χ0) is 41.3. The fraction of sp³-hybridized carbons (Fsp3) is 0.511. The van der Waals surface area contributed by atoms with Crippen LogP contribution in [0.3, 0.4) is 0 Å². The summed E-state index contributed by atoms with van der Waals surface area (Å²) in [5.74, 6) is 1.75. The van der Waals surface area contributed by atoms with Crippen molar-refractivity contribution in [2.75, 3.05) is 76.7 Å². The number of carbonyl (C=O) groups excluding carboxylic acids is 1. The van der Waals surface area contributed by atoms with Crippen molar-refractivity contribution >= 4 is 67.2 Å². The Labute approximate surface area is 347 Å². The third kappa shape index (κ3) is 9.50. The molecule has 0 amide bonds. The van der Waals surface area contributed by atoms with Crippen LogP contribution in [0.25, 0.3) is 43.9 Å². The molecule has 0 atom stereocenters. The standard InChI is InChI=1S/C22H30N6.C22H27N5O2.CH5N/c1-15(2)20(23)16-7-8-17-18(13-16)27-22-19(17)21(25-14-26-22)24-9-6-12-28-10-4-3-5-11-28;1-29-22(28)15-5-6-17-18(13-15)25-20-19(17)21(24-14-23-20)27-11-7-16(8-12-27)26-9-3-2-4-10-26;1-2/h7-8,13-15,23H,3-6,9-12H2,1-2H3,(H2,24,25,26,27);5-6,13-14,16H,2-4,7-12H2,1H3,(H,23,24,25);2H2,1H3. The van der Waals surface area contributed by atoms with E-state index in [1.165, 1.54) is 91.7 Å². The van der Waals surface area contributed by atoms with Crippen LogP contribution in [-0.4, -0.2) is 124 Å². The second kappa shape index (κ2) is 19.7. The number of piperidine rings is 3. The molecule has 3 aliphatic rings. The van der Waals surface area contributed by atoms with Gasteiger partial charge in [-0.25, -0.2) is 24.7 Å². The van der Waals surface area contributed by atoms with E-state index in [9.17, 15) is 4.79 Å². The Kier molecular flexibility index (Phi) is 14.0. The van der Waals surface area contributed by atoms with Crippen molar-refractivity contribution in [2.45, 2.75) is 77.7 Å². The third-order valence-electron chi connectivity index (χ3n) is 12.1. The zero-order valence-electron chi connectivity index (χ0n) is 35.3. The number of nitrogens with zero attached hydrogens (tertiary/aromatic N) is 7. The molecule has 2 aromatic carbocycles. The monoisotopic (exact) mass is 803 g/mol. The maximum Gasteiger partial charge on any atom is 0.337 e. The lowest BCUT2D eigenvalue weighted by Crippen LogP contribution is -2.47. The molecule has 314 valence electrons. The van der Waals surface area contributed by atoms with Gasteiger partial charge in [0.05, 0.1) is 23.4 Å². The smallest absolute Gasteiger partial charge is 0.337 e. The third-order valence-corrected chi connectivity index (χ3v) is 12.1. The van der Waals surface area contributed by atoms with Gasteiger partial charge in [0.25, 0.3) is 0 Å². The Morgan fingerprint density at radius 1 is 0.814 bits per heavy atom. The van der Waals surface area contributed by atoms with E-state index in [4.69, 9.17) is 10.1 Å². The van der Waals surface area contributed by atoms with Crippen LogP contribution in [0.4, 0.5) is 11.6 Å². The molecule has 59 heavy (non-hydrogen) atoms. The van der Waals surface area contributed by atoms with E-state index in [1.807, 2.05) is 18.2 Å². The van der Waals surface area contributed by atoms with Crippen molar-refractivity contribution in [2.24, 2.45) is 11.7 Å². The van der Waals surface area contributed by atoms with E-state index >= 15 is 0 Å². The average molecular weight is 803 g/mol. The number of hydrogen-bond acceptors (Lipinski definition) is 12. The van der Waals surface area contributed by atoms with Gasteiger partial charge in [0.15, 0.2) is 0 Å². The number of hydrogen-bond donors (Lipinski definition) is 5. The van der Waals surface area contributed by atoms with E-state index in [-0.39, 0.29) is 11.9 Å². The molecule has 14 nitrogen and oxygen atoms in total. The highest BCUT2D eigenvalue weighted by atomic mass is 16.5. The summed E-state index contributed by atoms with van der Waals surface area (Å²) in [6.45, 7) is 13.2. The number of methoxy groups -OCH3 is 1. The molecule has 0 saturated carbocycles. The molecular weight excluding hydrogens is 741 g/mol. The minimum Gasteiger partial charge on any atom is -0.465 e. The normalized spacial score (nSPS) is 16.9. The van der Waals surface area contributed by atoms with E-state index < -0.39 is 0 Å². The summed E-state index contributed by atoms with van der Waals surface area (Å²) in [4.78, 5) is 44.3. The maximum absolute atomic E-state index is 11.9. The highest BCUT2D eigenvalue weighted by Gasteiger charge is 2.28. The van der Waals surface area contributed by atoms with Crippen LogP contribution in [0.1, 0.15) is 87.6 Å². The largest absolute Gasteiger partial charge is 0.465 e. The highest BCUT2D eigenvalue weighted by molar-refractivity contribution is 6.14. The molecule has 3 aliphatic heterocycles. The molecule has 6 N–H and O–H groups in total. The van der Waals surface area contributed by atoms with E-state index in [1.54, 1.807) is 18.7 Å². The number of nitrogens with one attached hydrogen (secondary N) is 4. The van der Waals surface area contributed by atoms with Crippen molar-refractivity contribution in [1.29, 1.82) is 5.41 Å². The first-order chi connectivity index (χ1) is 28.9. The molecule has 0 spiro atoms. The zero-order valence-corrected chi connectivity index (χ0v) is 35.3. The van der Waals surface area contributed by atoms with Gasteiger partial charge in [0.1, 0.15) is 35.6 Å². The molecule has 0 unspecified atom stereocenters. The van der Waals surface area contributed by atoms with Crippen LogP contribution in [0.15, 0.2) is 49.1 Å². The topological polar surface area (TPSA) is 181 Å². The van der Waals surface area contributed by atoms with Crippen molar-refractivity contribution in [3.8, 4) is 0 Å². The Bertz CT molecular complexity index is 2330. The Hall–Kier alpha value is -5.18. The van der Waals surface area contributed by atoms with Gasteiger partial charge in [-0.1, -0.05) is 44.9 Å². The Morgan fingerprint density at radius 2 is 1.41 bits per heavy atom. The number of fused-ring (bicyclic) bond motifs is 6. The van der Waals surface area contributed by atoms with Crippen LogP contribution in [0.2, 0.25) is 0 Å². The number of esters is 1. The SMILES string of the molecule is CC(C)C(=N)c1ccc2c(c1)[nH]c1ncnc(NCCCN3CCCCC3)c12.CN.COC(=O)c1ccc2c(c1)[nH]c1ncnc(N3CCC(N4CCCCC4)CC3)c12. The molecule has 0 aliphatic carbocycles. The van der Waals surface area contributed by atoms with E-state index in [0.29, 0.717) is 17.3 Å². The summed E-state index contributed by atoms with van der Waals surface area (Å²) >= 11 is 0. The Morgan fingerprint density at radius 3 is 2.07 bits per heavy atom. The van der Waals surface area contributed by atoms with E-state index in [0.717, 1.165) is 93.7 Å². The number of aromatic amines is 2. The predicted molar refractivity (Wildman–Crippen MR) is 240 cm³/mol. The number of nitrogens with two attached hydrogens (primary N) is 1. The van der Waals surface area contributed by atoms with Gasteiger partial charge >= 0.3 is 5.97 Å². The molecule has 0 bridgehead atoms. The van der Waals surface area contributed by atoms with Crippen LogP contribution in [0, 0.1) is 11.3 Å². The van der Waals surface area contributed by atoms with Gasteiger partial charge in [0.2, 0.25) is 0 Å². The molecule has 3 saturated heterocycles. The number of carbonyl (C=O) groups is 1. The average Bonchev–Trinajstić information content (AvgIpc) is 3.87. The lowest BCUT2D eigenvalue weighted by molar-refractivity contribution is 0.0601. The minimum atomic E-state index is -0.336. The number of ether oxygens (including phenoxy) is 1. The molecular formula is C45H62N12O2. The number of aromatic nitrogens is 6. The predicted octanol–water partition coefficient (Wildman–Crippen LogP) is 7.35. The van der Waals surface area contributed by atoms with Gasteiger partial charge in [-0.2, -0.15) is 0 Å². The lowest BCUT2D eigenvalue weighted by Gasteiger charge is -2.40. The molecule has 14 heteroatoms. The van der Waals surface area contributed by atoms with Gasteiger partial charge in [-0.15, -0.1) is 0 Å². The fourth-order valence-electron chi connectivity index (χ4n) is 8.98. The molecule has 6 aromatic rings. The first-order valence-electron chi connectivity index (χ1n) is 21.6. The second-order valence-corrected chi connectivity index (χ2v) is 16.2. The number of rotatable bonds is 10. The van der Waals surface area contributed by atoms with Crippen LogP contribution in [0.5, 0.6) is 0 Å². The lowest BCUT2D eigenvalue weighted by atomic mass is 9.99. The summed E-state index contributed by atoms with van der Waals surface area (Å²) in [6.07, 6.45) is 14.8. The molecule has 0 radical (unpaired) electrons. The first kappa shape index (κ1) is 42.0. The first-order valence-corrected chi connectivity index (χ1v) is 21.6. The van der Waals surface area contributed by atoms with E-state index in [2.05, 4.69) is 81.6 Å². The van der Waals surface area contributed by atoms with Crippen molar-refractivity contribution in [3.05, 3.63) is 60.2 Å². The highest BCUT2D eigenvalue weighted by Crippen LogP contribution is 2.34. The van der Waals surface area contributed by atoms with Gasteiger partial charge in [-0.05, 0) is 114 Å². The molecule has 4 aromatic heterocycles. The van der Waals surface area contributed by atoms with Gasteiger partial charge < -0.3 is 45.9 Å². The number of H-pyrrole nitrogens is 2. The molecule has 9 rings (SSSR count). The molecule has 7 heterocycles. The maximum atomic E-state index is 11.9. The fourth-order valence-corrected chi connectivity index (χ4v) is 8.98. The summed E-state index contributed by atoms with van der Waals surface area (Å²) < 4.78 is 4.85. The second-order valence-electron chi connectivity index (χ2n) is 16.2. The van der Waals surface area contributed by atoms with Crippen LogP contribution in [-0.2, 0) is 4.74 Å². The van der Waals surface area contributed by atoms with Gasteiger partial charge in [-0.3, -0.25) is 0 Å². The number of benzene rings is 2. The van der Waals surface area contributed by atoms with Crippen molar-refractivity contribution < 1.29 is 9.53 Å². The van der Waals surface area contributed by atoms with Crippen molar-refractivity contribution in [1.82, 2.24) is 39.7 Å². The number of likely N-dealkylation sites (tertiary alicyclic amines) is 2. The Balaban J connectivity index is 0.000000172. The van der Waals surface area contributed by atoms with Crippen LogP contribution < -0.4 is 16.0 Å². The molecule has 3 fully saturated rings. The van der Waals surface area contributed by atoms with Crippen LogP contribution >= 0.6 is 0 Å². The quantitative estimate of drug-likeness (QED) is 0.0531. The van der Waals surface area contributed by atoms with Gasteiger partial charge in [0, 0.05) is 53.2 Å². The summed E-state index contributed by atoms with van der Waals surface area (Å²) in [5.41, 5.74) is 10.2.